The zero-order chi connectivity index (χ0) is 9.52. The van der Waals surface area contributed by atoms with Crippen molar-refractivity contribution in [3.8, 4) is 5.75 Å². The van der Waals surface area contributed by atoms with Gasteiger partial charge in [-0.05, 0) is 24.6 Å². The number of nitrogens with one attached hydrogen (secondary N) is 1. The van der Waals surface area contributed by atoms with E-state index in [0.717, 1.165) is 12.3 Å². The summed E-state index contributed by atoms with van der Waals surface area (Å²) in [5.41, 5.74) is 1.25. The van der Waals surface area contributed by atoms with Crippen molar-refractivity contribution in [2.45, 2.75) is 13.5 Å². The normalized spacial score (nSPS) is 10.0. The van der Waals surface area contributed by atoms with Gasteiger partial charge in [0.2, 0.25) is 0 Å². The smallest absolute Gasteiger partial charge is 0.119 e. The Morgan fingerprint density at radius 3 is 2.54 bits per heavy atom. The van der Waals surface area contributed by atoms with Crippen LogP contribution in [0.1, 0.15) is 12.5 Å². The molecule has 0 atom stereocenters. The van der Waals surface area contributed by atoms with Crippen molar-refractivity contribution in [3.05, 3.63) is 29.8 Å². The minimum atomic E-state index is 0.702. The maximum absolute atomic E-state index is 5.33. The highest BCUT2D eigenvalue weighted by Gasteiger charge is 1.93. The molecule has 0 aliphatic carbocycles. The van der Waals surface area contributed by atoms with Gasteiger partial charge in [-0.1, -0.05) is 12.1 Å². The lowest BCUT2D eigenvalue weighted by molar-refractivity contribution is 0.340. The summed E-state index contributed by atoms with van der Waals surface area (Å²) in [5, 5.41) is 3.14. The minimum absolute atomic E-state index is 0.702. The van der Waals surface area contributed by atoms with Gasteiger partial charge in [0, 0.05) is 12.4 Å². The molecule has 13 heavy (non-hydrogen) atoms. The molecule has 0 aliphatic heterocycles. The average Bonchev–Trinajstić information content (AvgIpc) is 2.17. The van der Waals surface area contributed by atoms with Crippen LogP contribution in [0.3, 0.4) is 0 Å². The Labute approximate surface area is 84.7 Å². The lowest BCUT2D eigenvalue weighted by atomic mass is 10.2. The largest absolute Gasteiger partial charge is 0.494 e. The first-order chi connectivity index (χ1) is 6.36. The monoisotopic (exact) mass is 197 g/mol. The van der Waals surface area contributed by atoms with Crippen molar-refractivity contribution < 1.29 is 4.74 Å². The SMILES string of the molecule is CCOc1ccc(CNCS)cc1. The molecule has 3 heteroatoms. The summed E-state index contributed by atoms with van der Waals surface area (Å²) in [4.78, 5) is 0. The molecule has 0 heterocycles. The second-order valence-corrected chi connectivity index (χ2v) is 2.98. The van der Waals surface area contributed by atoms with Crippen LogP contribution in [-0.4, -0.2) is 12.5 Å². The highest BCUT2D eigenvalue weighted by atomic mass is 32.1. The van der Waals surface area contributed by atoms with Crippen molar-refractivity contribution in [3.63, 3.8) is 0 Å². The Bertz CT molecular complexity index is 235. The fraction of sp³-hybridized carbons (Fsp3) is 0.400. The lowest BCUT2D eigenvalue weighted by Crippen LogP contribution is -2.09. The molecule has 0 saturated carbocycles. The van der Waals surface area contributed by atoms with Crippen molar-refractivity contribution in [1.82, 2.24) is 5.32 Å². The highest BCUT2D eigenvalue weighted by Crippen LogP contribution is 2.11. The summed E-state index contributed by atoms with van der Waals surface area (Å²) in [7, 11) is 0. The van der Waals surface area contributed by atoms with E-state index < -0.39 is 0 Å². The van der Waals surface area contributed by atoms with Crippen LogP contribution in [-0.2, 0) is 6.54 Å². The zero-order valence-corrected chi connectivity index (χ0v) is 8.68. The Balaban J connectivity index is 2.48. The predicted molar refractivity (Wildman–Crippen MR) is 58.3 cm³/mol. The van der Waals surface area contributed by atoms with Crippen molar-refractivity contribution in [1.29, 1.82) is 0 Å². The van der Waals surface area contributed by atoms with Gasteiger partial charge in [0.15, 0.2) is 0 Å². The summed E-state index contributed by atoms with van der Waals surface area (Å²) in [6.07, 6.45) is 0. The summed E-state index contributed by atoms with van der Waals surface area (Å²) < 4.78 is 5.33. The van der Waals surface area contributed by atoms with Gasteiger partial charge < -0.3 is 10.1 Å². The molecular weight excluding hydrogens is 182 g/mol. The third-order valence-corrected chi connectivity index (χ3v) is 1.90. The summed E-state index contributed by atoms with van der Waals surface area (Å²) in [6.45, 7) is 3.56. The number of hydrogen-bond donors (Lipinski definition) is 2. The third kappa shape index (κ3) is 3.70. The van der Waals surface area contributed by atoms with E-state index in [2.05, 4.69) is 30.1 Å². The van der Waals surface area contributed by atoms with Crippen molar-refractivity contribution in [2.75, 3.05) is 12.5 Å². The van der Waals surface area contributed by atoms with Gasteiger partial charge >= 0.3 is 0 Å². The fourth-order valence-corrected chi connectivity index (χ4v) is 1.18. The van der Waals surface area contributed by atoms with Gasteiger partial charge in [-0.3, -0.25) is 0 Å². The maximum Gasteiger partial charge on any atom is 0.119 e. The minimum Gasteiger partial charge on any atom is -0.494 e. The van der Waals surface area contributed by atoms with Crippen LogP contribution < -0.4 is 10.1 Å². The number of rotatable bonds is 5. The Kier molecular flexibility index (Phi) is 4.72. The maximum atomic E-state index is 5.33. The van der Waals surface area contributed by atoms with Gasteiger partial charge in [-0.15, -0.1) is 0 Å². The van der Waals surface area contributed by atoms with E-state index in [4.69, 9.17) is 4.74 Å². The highest BCUT2D eigenvalue weighted by molar-refractivity contribution is 7.80. The van der Waals surface area contributed by atoms with Crippen molar-refractivity contribution >= 4 is 12.6 Å². The molecule has 0 spiro atoms. The first kappa shape index (κ1) is 10.4. The summed E-state index contributed by atoms with van der Waals surface area (Å²) in [6, 6.07) is 8.08. The van der Waals surface area contributed by atoms with Crippen LogP contribution in [0.5, 0.6) is 5.75 Å². The molecule has 72 valence electrons. The Morgan fingerprint density at radius 2 is 2.00 bits per heavy atom. The van der Waals surface area contributed by atoms with Gasteiger partial charge in [0.1, 0.15) is 5.75 Å². The number of thiol groups is 1. The topological polar surface area (TPSA) is 21.3 Å². The second-order valence-electron chi connectivity index (χ2n) is 2.66. The molecule has 1 aromatic carbocycles. The number of ether oxygens (including phenoxy) is 1. The van der Waals surface area contributed by atoms with Crippen LogP contribution in [0.25, 0.3) is 0 Å². The zero-order valence-electron chi connectivity index (χ0n) is 7.79. The molecule has 0 amide bonds. The van der Waals surface area contributed by atoms with E-state index >= 15 is 0 Å². The van der Waals surface area contributed by atoms with Gasteiger partial charge in [0.05, 0.1) is 6.61 Å². The van der Waals surface area contributed by atoms with E-state index in [9.17, 15) is 0 Å². The van der Waals surface area contributed by atoms with E-state index in [0.29, 0.717) is 12.5 Å². The van der Waals surface area contributed by atoms with E-state index in [-0.39, 0.29) is 0 Å². The molecular formula is C10H15NOS. The molecule has 0 saturated heterocycles. The van der Waals surface area contributed by atoms with Gasteiger partial charge in [-0.25, -0.2) is 0 Å². The quantitative estimate of drug-likeness (QED) is 0.557. The molecule has 1 aromatic rings. The molecule has 2 nitrogen and oxygen atoms in total. The lowest BCUT2D eigenvalue weighted by Gasteiger charge is -2.04. The Morgan fingerprint density at radius 1 is 1.31 bits per heavy atom. The van der Waals surface area contributed by atoms with Crippen LogP contribution >= 0.6 is 12.6 Å². The van der Waals surface area contributed by atoms with Crippen LogP contribution in [0.15, 0.2) is 24.3 Å². The third-order valence-electron chi connectivity index (χ3n) is 1.68. The molecule has 0 fully saturated rings. The van der Waals surface area contributed by atoms with Gasteiger partial charge in [0.25, 0.3) is 0 Å². The molecule has 1 N–H and O–H groups in total. The number of benzene rings is 1. The summed E-state index contributed by atoms with van der Waals surface area (Å²) in [5.74, 6) is 1.63. The van der Waals surface area contributed by atoms with Gasteiger partial charge in [-0.2, -0.15) is 12.6 Å². The first-order valence-electron chi connectivity index (χ1n) is 4.40. The Hall–Kier alpha value is -0.670. The average molecular weight is 197 g/mol. The van der Waals surface area contributed by atoms with Crippen LogP contribution in [0.2, 0.25) is 0 Å². The van der Waals surface area contributed by atoms with Crippen molar-refractivity contribution in [2.24, 2.45) is 0 Å². The standard InChI is InChI=1S/C10H15NOS/c1-2-12-10-5-3-9(4-6-10)7-11-8-13/h3-6,11,13H,2,7-8H2,1H3. The van der Waals surface area contributed by atoms with E-state index in [1.807, 2.05) is 19.1 Å². The molecule has 0 bridgehead atoms. The summed E-state index contributed by atoms with van der Waals surface area (Å²) >= 11 is 4.07. The predicted octanol–water partition coefficient (Wildman–Crippen LogP) is 2.06. The van der Waals surface area contributed by atoms with Crippen LogP contribution in [0, 0.1) is 0 Å². The first-order valence-corrected chi connectivity index (χ1v) is 5.03. The molecule has 0 radical (unpaired) electrons. The second kappa shape index (κ2) is 5.89. The van der Waals surface area contributed by atoms with E-state index in [1.54, 1.807) is 0 Å². The van der Waals surface area contributed by atoms with Crippen LogP contribution in [0.4, 0.5) is 0 Å². The van der Waals surface area contributed by atoms with E-state index in [1.165, 1.54) is 5.56 Å². The number of hydrogen-bond acceptors (Lipinski definition) is 3. The fourth-order valence-electron chi connectivity index (χ4n) is 1.07. The molecule has 0 aromatic heterocycles. The molecule has 1 rings (SSSR count). The molecule has 0 aliphatic rings. The molecule has 0 unspecified atom stereocenters.